The van der Waals surface area contributed by atoms with Crippen LogP contribution in [0.2, 0.25) is 0 Å². The highest BCUT2D eigenvalue weighted by atomic mass is 16.5. The van der Waals surface area contributed by atoms with Gasteiger partial charge < -0.3 is 25.4 Å². The minimum atomic E-state index is -0.970. The van der Waals surface area contributed by atoms with Gasteiger partial charge in [0.05, 0.1) is 32.9 Å². The molecule has 0 aromatic heterocycles. The molecule has 0 spiro atoms. The molecule has 3 unspecified atom stereocenters. The standard InChI is InChI=1S/C32H42N4O6/c1-22(33-28(37)21-36-15-17-42-18-16-36)30(39)35-27(20-24-9-11-25(41-3)12-10-24)31(40)34-26(29(38)32(2)13-14-32)19-23-7-5-4-6-8-23/h4-12,22,26-27H,13-21H2,1-3H3,(H,33,37)(H,34,40)(H,35,39). The first kappa shape index (κ1) is 31.2. The minimum absolute atomic E-state index is 0.00188. The Balaban J connectivity index is 1.46. The number of Topliss-reactive ketones (excluding diaryl/α,β-unsaturated/α-hetero) is 1. The second-order valence-corrected chi connectivity index (χ2v) is 11.5. The Morgan fingerprint density at radius 3 is 2.07 bits per heavy atom. The average molecular weight is 579 g/mol. The number of nitrogens with zero attached hydrogens (tertiary/aromatic N) is 1. The molecule has 3 atom stereocenters. The van der Waals surface area contributed by atoms with E-state index >= 15 is 0 Å². The van der Waals surface area contributed by atoms with Gasteiger partial charge in [0.1, 0.15) is 17.8 Å². The predicted molar refractivity (Wildman–Crippen MR) is 158 cm³/mol. The van der Waals surface area contributed by atoms with Gasteiger partial charge in [0.25, 0.3) is 0 Å². The van der Waals surface area contributed by atoms with Crippen molar-refractivity contribution in [3.63, 3.8) is 0 Å². The van der Waals surface area contributed by atoms with E-state index in [1.807, 2.05) is 54.3 Å². The molecule has 0 bridgehead atoms. The summed E-state index contributed by atoms with van der Waals surface area (Å²) >= 11 is 0. The molecule has 0 radical (unpaired) electrons. The Bertz CT molecular complexity index is 1230. The maximum Gasteiger partial charge on any atom is 0.243 e. The average Bonchev–Trinajstić information content (AvgIpc) is 3.75. The number of hydrogen-bond donors (Lipinski definition) is 3. The number of amides is 3. The molecular formula is C32H42N4O6. The quantitative estimate of drug-likeness (QED) is 0.311. The molecule has 3 amide bonds. The molecule has 1 heterocycles. The Kier molecular flexibility index (Phi) is 10.7. The number of ether oxygens (including phenoxy) is 2. The summed E-state index contributed by atoms with van der Waals surface area (Å²) in [6.07, 6.45) is 2.14. The summed E-state index contributed by atoms with van der Waals surface area (Å²) in [4.78, 5) is 55.0. The Morgan fingerprint density at radius 2 is 1.45 bits per heavy atom. The van der Waals surface area contributed by atoms with E-state index < -0.39 is 35.4 Å². The van der Waals surface area contributed by atoms with Gasteiger partial charge in [-0.2, -0.15) is 0 Å². The van der Waals surface area contributed by atoms with Crippen molar-refractivity contribution in [1.82, 2.24) is 20.9 Å². The third-order valence-corrected chi connectivity index (χ3v) is 7.98. The highest BCUT2D eigenvalue weighted by Crippen LogP contribution is 2.46. The van der Waals surface area contributed by atoms with E-state index in [1.165, 1.54) is 0 Å². The van der Waals surface area contributed by atoms with E-state index in [4.69, 9.17) is 9.47 Å². The van der Waals surface area contributed by atoms with Crippen LogP contribution in [0.3, 0.4) is 0 Å². The number of benzene rings is 2. The van der Waals surface area contributed by atoms with E-state index in [2.05, 4.69) is 16.0 Å². The fourth-order valence-corrected chi connectivity index (χ4v) is 5.00. The molecule has 226 valence electrons. The number of carbonyl (C=O) groups excluding carboxylic acids is 4. The summed E-state index contributed by atoms with van der Waals surface area (Å²) in [5.41, 5.74) is 1.30. The van der Waals surface area contributed by atoms with Crippen LogP contribution in [-0.2, 0) is 36.8 Å². The van der Waals surface area contributed by atoms with Crippen molar-refractivity contribution in [3.05, 3.63) is 65.7 Å². The molecule has 10 nitrogen and oxygen atoms in total. The van der Waals surface area contributed by atoms with E-state index in [-0.39, 0.29) is 24.7 Å². The lowest BCUT2D eigenvalue weighted by Gasteiger charge is -2.27. The molecule has 1 saturated carbocycles. The van der Waals surface area contributed by atoms with E-state index in [1.54, 1.807) is 26.2 Å². The summed E-state index contributed by atoms with van der Waals surface area (Å²) in [6, 6.07) is 14.2. The fraction of sp³-hybridized carbons (Fsp3) is 0.500. The number of rotatable bonds is 14. The molecule has 2 aromatic carbocycles. The first-order valence-corrected chi connectivity index (χ1v) is 14.6. The van der Waals surface area contributed by atoms with E-state index in [9.17, 15) is 19.2 Å². The van der Waals surface area contributed by atoms with Gasteiger partial charge >= 0.3 is 0 Å². The molecule has 2 fully saturated rings. The lowest BCUT2D eigenvalue weighted by atomic mass is 9.92. The third-order valence-electron chi connectivity index (χ3n) is 7.98. The number of carbonyl (C=O) groups is 4. The molecule has 2 aliphatic rings. The van der Waals surface area contributed by atoms with Gasteiger partial charge in [0.15, 0.2) is 5.78 Å². The molecule has 1 aliphatic heterocycles. The van der Waals surface area contributed by atoms with Crippen molar-refractivity contribution in [2.45, 2.75) is 57.7 Å². The van der Waals surface area contributed by atoms with Gasteiger partial charge in [0, 0.05) is 24.9 Å². The van der Waals surface area contributed by atoms with Crippen molar-refractivity contribution in [3.8, 4) is 5.75 Å². The number of morpholine rings is 1. The molecule has 42 heavy (non-hydrogen) atoms. The highest BCUT2D eigenvalue weighted by molar-refractivity contribution is 5.97. The Morgan fingerprint density at radius 1 is 0.857 bits per heavy atom. The molecule has 10 heteroatoms. The third kappa shape index (κ3) is 8.87. The maximum atomic E-state index is 13.8. The number of hydrogen-bond acceptors (Lipinski definition) is 7. The summed E-state index contributed by atoms with van der Waals surface area (Å²) in [5, 5.41) is 8.52. The molecule has 2 aromatic rings. The highest BCUT2D eigenvalue weighted by Gasteiger charge is 2.48. The lowest BCUT2D eigenvalue weighted by molar-refractivity contribution is -0.134. The molecular weight excluding hydrogens is 536 g/mol. The van der Waals surface area contributed by atoms with Crippen LogP contribution >= 0.6 is 0 Å². The van der Waals surface area contributed by atoms with Crippen molar-refractivity contribution < 1.29 is 28.7 Å². The second-order valence-electron chi connectivity index (χ2n) is 11.5. The second kappa shape index (κ2) is 14.4. The zero-order valence-corrected chi connectivity index (χ0v) is 24.7. The van der Waals surface area contributed by atoms with Crippen LogP contribution in [-0.4, -0.2) is 86.5 Å². The number of methoxy groups -OCH3 is 1. The van der Waals surface area contributed by atoms with Crippen LogP contribution in [0.1, 0.15) is 37.8 Å². The SMILES string of the molecule is COc1ccc(CC(NC(=O)C(C)NC(=O)CN2CCOCC2)C(=O)NC(Cc2ccccc2)C(=O)C2(C)CC2)cc1. The van der Waals surface area contributed by atoms with Gasteiger partial charge in [-0.05, 0) is 49.4 Å². The zero-order valence-electron chi connectivity index (χ0n) is 24.7. The number of ketones is 1. The van der Waals surface area contributed by atoms with Crippen molar-refractivity contribution in [1.29, 1.82) is 0 Å². The van der Waals surface area contributed by atoms with Crippen LogP contribution in [0.15, 0.2) is 54.6 Å². The smallest absolute Gasteiger partial charge is 0.243 e. The summed E-state index contributed by atoms with van der Waals surface area (Å²) in [7, 11) is 1.57. The van der Waals surface area contributed by atoms with Crippen molar-refractivity contribution in [2.24, 2.45) is 5.41 Å². The topological polar surface area (TPSA) is 126 Å². The summed E-state index contributed by atoms with van der Waals surface area (Å²) in [6.45, 7) is 6.12. The largest absolute Gasteiger partial charge is 0.497 e. The Labute approximate surface area is 247 Å². The first-order valence-electron chi connectivity index (χ1n) is 14.6. The normalized spacial score (nSPS) is 18.2. The molecule has 3 N–H and O–H groups in total. The van der Waals surface area contributed by atoms with Gasteiger partial charge in [-0.15, -0.1) is 0 Å². The van der Waals surface area contributed by atoms with Gasteiger partial charge in [-0.25, -0.2) is 0 Å². The van der Waals surface area contributed by atoms with Crippen molar-refractivity contribution in [2.75, 3.05) is 40.0 Å². The summed E-state index contributed by atoms with van der Waals surface area (Å²) < 4.78 is 10.6. The lowest BCUT2D eigenvalue weighted by Crippen LogP contribution is -2.57. The first-order chi connectivity index (χ1) is 20.2. The van der Waals surface area contributed by atoms with Crippen LogP contribution in [0.25, 0.3) is 0 Å². The summed E-state index contributed by atoms with van der Waals surface area (Å²) in [5.74, 6) is -0.546. The predicted octanol–water partition coefficient (Wildman–Crippen LogP) is 1.66. The molecule has 1 aliphatic carbocycles. The van der Waals surface area contributed by atoms with Gasteiger partial charge in [0.2, 0.25) is 17.7 Å². The van der Waals surface area contributed by atoms with Crippen LogP contribution < -0.4 is 20.7 Å². The van der Waals surface area contributed by atoms with Gasteiger partial charge in [-0.3, -0.25) is 24.1 Å². The fourth-order valence-electron chi connectivity index (χ4n) is 5.00. The zero-order chi connectivity index (χ0) is 30.1. The van der Waals surface area contributed by atoms with Crippen LogP contribution in [0, 0.1) is 5.41 Å². The molecule has 4 rings (SSSR count). The molecule has 1 saturated heterocycles. The van der Waals surface area contributed by atoms with Crippen molar-refractivity contribution >= 4 is 23.5 Å². The van der Waals surface area contributed by atoms with E-state index in [0.29, 0.717) is 38.5 Å². The van der Waals surface area contributed by atoms with E-state index in [0.717, 1.165) is 24.0 Å². The number of nitrogens with one attached hydrogen (secondary N) is 3. The van der Waals surface area contributed by atoms with Crippen LogP contribution in [0.5, 0.6) is 5.75 Å². The minimum Gasteiger partial charge on any atom is -0.497 e. The monoisotopic (exact) mass is 578 g/mol. The maximum absolute atomic E-state index is 13.8. The Hall–Kier alpha value is -3.76. The van der Waals surface area contributed by atoms with Crippen LogP contribution in [0.4, 0.5) is 0 Å². The van der Waals surface area contributed by atoms with Gasteiger partial charge in [-0.1, -0.05) is 49.4 Å².